The van der Waals surface area contributed by atoms with Gasteiger partial charge in [0.1, 0.15) is 6.61 Å². The molecule has 6 nitrogen and oxygen atoms in total. The van der Waals surface area contributed by atoms with Crippen molar-refractivity contribution in [3.05, 3.63) is 33.9 Å². The molecule has 0 bridgehead atoms. The molecular weight excluding hydrogens is 248 g/mol. The minimum absolute atomic E-state index is 0.0174. The van der Waals surface area contributed by atoms with Crippen molar-refractivity contribution in [2.45, 2.75) is 38.5 Å². The van der Waals surface area contributed by atoms with E-state index >= 15 is 0 Å². The molecule has 19 heavy (non-hydrogen) atoms. The average molecular weight is 266 g/mol. The molecule has 2 rings (SSSR count). The summed E-state index contributed by atoms with van der Waals surface area (Å²) in [4.78, 5) is 10.5. The molecule has 2 N–H and O–H groups in total. The third-order valence-corrected chi connectivity index (χ3v) is 3.20. The van der Waals surface area contributed by atoms with Gasteiger partial charge in [-0.05, 0) is 31.4 Å². The molecule has 0 radical (unpaired) electrons. The highest BCUT2D eigenvalue weighted by atomic mass is 16.6. The molecule has 1 aromatic carbocycles. The van der Waals surface area contributed by atoms with E-state index in [2.05, 4.69) is 0 Å². The maximum absolute atomic E-state index is 11.0. The molecule has 1 fully saturated rings. The zero-order valence-corrected chi connectivity index (χ0v) is 10.9. The molecule has 1 aliphatic rings. The predicted octanol–water partition coefficient (Wildman–Crippen LogP) is 2.00. The summed E-state index contributed by atoms with van der Waals surface area (Å²) in [5, 5.41) is 11.0. The van der Waals surface area contributed by atoms with Gasteiger partial charge < -0.3 is 15.2 Å². The minimum atomic E-state index is -0.452. The Bertz CT molecular complexity index is 464. The summed E-state index contributed by atoms with van der Waals surface area (Å²) in [6.45, 7) is 2.62. The van der Waals surface area contributed by atoms with E-state index in [9.17, 15) is 10.1 Å². The lowest BCUT2D eigenvalue weighted by Crippen LogP contribution is -2.18. The Labute approximate surface area is 111 Å². The molecule has 1 heterocycles. The van der Waals surface area contributed by atoms with Crippen molar-refractivity contribution >= 4 is 5.69 Å². The van der Waals surface area contributed by atoms with Crippen LogP contribution in [0.4, 0.5) is 5.69 Å². The molecule has 2 atom stereocenters. The third kappa shape index (κ3) is 3.42. The van der Waals surface area contributed by atoms with E-state index in [4.69, 9.17) is 15.2 Å². The molecule has 0 saturated carbocycles. The number of nitro benzene ring substituents is 1. The summed E-state index contributed by atoms with van der Waals surface area (Å²) in [6.07, 6.45) is 2.19. The van der Waals surface area contributed by atoms with Crippen molar-refractivity contribution in [2.75, 3.05) is 6.61 Å². The van der Waals surface area contributed by atoms with Gasteiger partial charge in [-0.2, -0.15) is 0 Å². The van der Waals surface area contributed by atoms with Crippen LogP contribution in [-0.4, -0.2) is 23.7 Å². The second-order valence-electron chi connectivity index (χ2n) is 4.72. The fraction of sp³-hybridized carbons (Fsp3) is 0.538. The van der Waals surface area contributed by atoms with Crippen LogP contribution < -0.4 is 10.5 Å². The minimum Gasteiger partial charge on any atom is -0.484 e. The highest BCUT2D eigenvalue weighted by Crippen LogP contribution is 2.29. The first-order chi connectivity index (χ1) is 9.10. The molecule has 0 aliphatic carbocycles. The predicted molar refractivity (Wildman–Crippen MR) is 70.1 cm³/mol. The Kier molecular flexibility index (Phi) is 4.34. The first-order valence-corrected chi connectivity index (χ1v) is 6.35. The summed E-state index contributed by atoms with van der Waals surface area (Å²) in [5.41, 5.74) is 6.14. The van der Waals surface area contributed by atoms with Gasteiger partial charge in [0, 0.05) is 12.6 Å². The Morgan fingerprint density at radius 3 is 2.89 bits per heavy atom. The Morgan fingerprint density at radius 2 is 2.32 bits per heavy atom. The van der Waals surface area contributed by atoms with Crippen molar-refractivity contribution in [1.82, 2.24) is 0 Å². The van der Waals surface area contributed by atoms with Crippen molar-refractivity contribution in [3.8, 4) is 5.75 Å². The molecule has 0 aromatic heterocycles. The number of hydrogen-bond donors (Lipinski definition) is 1. The fourth-order valence-corrected chi connectivity index (χ4v) is 2.15. The summed E-state index contributed by atoms with van der Waals surface area (Å²) < 4.78 is 11.1. The lowest BCUT2D eigenvalue weighted by molar-refractivity contribution is -0.386. The molecule has 0 spiro atoms. The lowest BCUT2D eigenvalue weighted by atomic mass is 10.2. The topological polar surface area (TPSA) is 87.6 Å². The van der Waals surface area contributed by atoms with Crippen LogP contribution in [0.2, 0.25) is 0 Å². The summed E-state index contributed by atoms with van der Waals surface area (Å²) in [6, 6.07) is 4.78. The van der Waals surface area contributed by atoms with Gasteiger partial charge in [-0.3, -0.25) is 10.1 Å². The molecule has 1 saturated heterocycles. The lowest BCUT2D eigenvalue weighted by Gasteiger charge is -2.13. The standard InChI is InChI=1S/C13H18N2O4/c1-9-2-4-11(19-9)8-18-13-5-3-10(7-14)6-12(13)15(16)17/h3,5-6,9,11H,2,4,7-8,14H2,1H3. The zero-order valence-electron chi connectivity index (χ0n) is 10.9. The smallest absolute Gasteiger partial charge is 0.311 e. The molecule has 2 unspecified atom stereocenters. The number of ether oxygens (including phenoxy) is 2. The molecular formula is C13H18N2O4. The monoisotopic (exact) mass is 266 g/mol. The van der Waals surface area contributed by atoms with Crippen LogP contribution in [0.1, 0.15) is 25.3 Å². The second kappa shape index (κ2) is 5.99. The van der Waals surface area contributed by atoms with E-state index in [1.807, 2.05) is 6.92 Å². The van der Waals surface area contributed by atoms with E-state index in [1.54, 1.807) is 12.1 Å². The number of nitro groups is 1. The van der Waals surface area contributed by atoms with E-state index in [-0.39, 0.29) is 30.2 Å². The van der Waals surface area contributed by atoms with Gasteiger partial charge in [0.2, 0.25) is 0 Å². The molecule has 1 aromatic rings. The average Bonchev–Trinajstić information content (AvgIpc) is 2.82. The van der Waals surface area contributed by atoms with Crippen LogP contribution in [0.5, 0.6) is 5.75 Å². The second-order valence-corrected chi connectivity index (χ2v) is 4.72. The highest BCUT2D eigenvalue weighted by Gasteiger charge is 2.24. The van der Waals surface area contributed by atoms with Crippen molar-refractivity contribution in [2.24, 2.45) is 5.73 Å². The molecule has 104 valence electrons. The number of benzene rings is 1. The Hall–Kier alpha value is -1.66. The Balaban J connectivity index is 2.04. The normalized spacial score (nSPS) is 22.4. The van der Waals surface area contributed by atoms with Crippen LogP contribution in [-0.2, 0) is 11.3 Å². The van der Waals surface area contributed by atoms with Crippen LogP contribution in [0.25, 0.3) is 0 Å². The van der Waals surface area contributed by atoms with Gasteiger partial charge in [-0.25, -0.2) is 0 Å². The summed E-state index contributed by atoms with van der Waals surface area (Å²) >= 11 is 0. The number of nitrogens with two attached hydrogens (primary N) is 1. The highest BCUT2D eigenvalue weighted by molar-refractivity contribution is 5.48. The summed E-state index contributed by atoms with van der Waals surface area (Å²) in [5.74, 6) is 0.269. The van der Waals surface area contributed by atoms with Gasteiger partial charge in [0.05, 0.1) is 17.1 Å². The van der Waals surface area contributed by atoms with Crippen molar-refractivity contribution in [3.63, 3.8) is 0 Å². The maximum atomic E-state index is 11.0. The number of hydrogen-bond acceptors (Lipinski definition) is 5. The van der Waals surface area contributed by atoms with Gasteiger partial charge in [0.15, 0.2) is 5.75 Å². The van der Waals surface area contributed by atoms with E-state index in [0.29, 0.717) is 12.2 Å². The van der Waals surface area contributed by atoms with Gasteiger partial charge >= 0.3 is 5.69 Å². The first-order valence-electron chi connectivity index (χ1n) is 6.35. The largest absolute Gasteiger partial charge is 0.484 e. The quantitative estimate of drug-likeness (QED) is 0.650. The van der Waals surface area contributed by atoms with Gasteiger partial charge in [0.25, 0.3) is 0 Å². The van der Waals surface area contributed by atoms with Crippen LogP contribution >= 0.6 is 0 Å². The van der Waals surface area contributed by atoms with Gasteiger partial charge in [-0.1, -0.05) is 6.07 Å². The first kappa shape index (κ1) is 13.8. The van der Waals surface area contributed by atoms with Crippen molar-refractivity contribution in [1.29, 1.82) is 0 Å². The number of nitrogens with zero attached hydrogens (tertiary/aromatic N) is 1. The molecule has 6 heteroatoms. The number of rotatable bonds is 5. The maximum Gasteiger partial charge on any atom is 0.311 e. The molecule has 1 aliphatic heterocycles. The SMILES string of the molecule is CC1CCC(COc2ccc(CN)cc2[N+](=O)[O-])O1. The fourth-order valence-electron chi connectivity index (χ4n) is 2.15. The van der Waals surface area contributed by atoms with Crippen LogP contribution in [0, 0.1) is 10.1 Å². The Morgan fingerprint density at radius 1 is 1.53 bits per heavy atom. The van der Waals surface area contributed by atoms with Gasteiger partial charge in [-0.15, -0.1) is 0 Å². The molecule has 0 amide bonds. The zero-order chi connectivity index (χ0) is 13.8. The third-order valence-electron chi connectivity index (χ3n) is 3.20. The van der Waals surface area contributed by atoms with E-state index in [0.717, 1.165) is 12.8 Å². The van der Waals surface area contributed by atoms with E-state index in [1.165, 1.54) is 6.07 Å². The van der Waals surface area contributed by atoms with E-state index < -0.39 is 4.92 Å². The van der Waals surface area contributed by atoms with Crippen molar-refractivity contribution < 1.29 is 14.4 Å². The summed E-state index contributed by atoms with van der Waals surface area (Å²) in [7, 11) is 0. The van der Waals surface area contributed by atoms with Crippen LogP contribution in [0.15, 0.2) is 18.2 Å². The van der Waals surface area contributed by atoms with Crippen LogP contribution in [0.3, 0.4) is 0 Å².